The van der Waals surface area contributed by atoms with Crippen molar-refractivity contribution in [2.75, 3.05) is 43.6 Å². The van der Waals surface area contributed by atoms with Gasteiger partial charge in [0.15, 0.2) is 5.82 Å². The van der Waals surface area contributed by atoms with Crippen LogP contribution in [0.5, 0.6) is 0 Å². The van der Waals surface area contributed by atoms with Crippen molar-refractivity contribution in [2.45, 2.75) is 6.10 Å². The van der Waals surface area contributed by atoms with E-state index in [9.17, 15) is 0 Å². The standard InChI is InChI=1S/C14H18N6O/c1-19(2)12-3-4-17-14(18-12)11-10-20(7-8-21-11)13-9-15-5-6-16-13/h3-6,9,11H,7-8,10H2,1-2H3. The van der Waals surface area contributed by atoms with Crippen LogP contribution in [-0.2, 0) is 4.74 Å². The highest BCUT2D eigenvalue weighted by Gasteiger charge is 2.25. The van der Waals surface area contributed by atoms with Crippen LogP contribution in [-0.4, -0.2) is 53.7 Å². The molecule has 1 atom stereocenters. The quantitative estimate of drug-likeness (QED) is 0.830. The van der Waals surface area contributed by atoms with Crippen LogP contribution in [0.2, 0.25) is 0 Å². The molecule has 0 radical (unpaired) electrons. The van der Waals surface area contributed by atoms with Crippen LogP contribution in [0, 0.1) is 0 Å². The Hall–Kier alpha value is -2.28. The van der Waals surface area contributed by atoms with E-state index in [4.69, 9.17) is 4.74 Å². The normalized spacial score (nSPS) is 18.6. The average molecular weight is 286 g/mol. The molecule has 0 aromatic carbocycles. The Morgan fingerprint density at radius 2 is 2.14 bits per heavy atom. The Labute approximate surface area is 123 Å². The van der Waals surface area contributed by atoms with E-state index in [1.807, 2.05) is 25.1 Å². The lowest BCUT2D eigenvalue weighted by atomic mass is 10.2. The highest BCUT2D eigenvalue weighted by molar-refractivity contribution is 5.37. The maximum atomic E-state index is 5.82. The molecular formula is C14H18N6O. The summed E-state index contributed by atoms with van der Waals surface area (Å²) in [6.07, 6.45) is 6.75. The van der Waals surface area contributed by atoms with Gasteiger partial charge >= 0.3 is 0 Å². The van der Waals surface area contributed by atoms with Gasteiger partial charge in [-0.25, -0.2) is 15.0 Å². The number of rotatable bonds is 3. The molecule has 2 aromatic heterocycles. The summed E-state index contributed by atoms with van der Waals surface area (Å²) in [5, 5.41) is 0. The number of anilines is 2. The molecule has 1 fully saturated rings. The van der Waals surface area contributed by atoms with Gasteiger partial charge in [-0.1, -0.05) is 0 Å². The first-order valence-electron chi connectivity index (χ1n) is 6.87. The van der Waals surface area contributed by atoms with E-state index in [1.165, 1.54) is 0 Å². The van der Waals surface area contributed by atoms with Crippen molar-refractivity contribution in [2.24, 2.45) is 0 Å². The van der Waals surface area contributed by atoms with E-state index < -0.39 is 0 Å². The molecule has 0 saturated carbocycles. The molecule has 0 amide bonds. The highest BCUT2D eigenvalue weighted by atomic mass is 16.5. The molecule has 2 aromatic rings. The van der Waals surface area contributed by atoms with Gasteiger partial charge in [0.05, 0.1) is 19.3 Å². The maximum Gasteiger partial charge on any atom is 0.161 e. The smallest absolute Gasteiger partial charge is 0.161 e. The SMILES string of the molecule is CN(C)c1ccnc(C2CN(c3cnccn3)CCO2)n1. The third-order valence-corrected chi connectivity index (χ3v) is 3.35. The lowest BCUT2D eigenvalue weighted by Crippen LogP contribution is -2.39. The minimum Gasteiger partial charge on any atom is -0.367 e. The summed E-state index contributed by atoms with van der Waals surface area (Å²) >= 11 is 0. The fourth-order valence-corrected chi connectivity index (χ4v) is 2.24. The first kappa shape index (κ1) is 13.7. The molecule has 110 valence electrons. The summed E-state index contributed by atoms with van der Waals surface area (Å²) in [6.45, 7) is 2.09. The zero-order valence-corrected chi connectivity index (χ0v) is 12.2. The summed E-state index contributed by atoms with van der Waals surface area (Å²) in [5.74, 6) is 2.43. The molecule has 1 aliphatic rings. The van der Waals surface area contributed by atoms with Crippen LogP contribution in [0.15, 0.2) is 30.9 Å². The third-order valence-electron chi connectivity index (χ3n) is 3.35. The van der Waals surface area contributed by atoms with Crippen LogP contribution in [0.4, 0.5) is 11.6 Å². The number of ether oxygens (including phenoxy) is 1. The molecule has 21 heavy (non-hydrogen) atoms. The topological polar surface area (TPSA) is 67.3 Å². The number of hydrogen-bond donors (Lipinski definition) is 0. The second-order valence-corrected chi connectivity index (χ2v) is 5.04. The minimum atomic E-state index is -0.152. The molecule has 7 nitrogen and oxygen atoms in total. The molecule has 1 unspecified atom stereocenters. The Kier molecular flexibility index (Phi) is 3.92. The highest BCUT2D eigenvalue weighted by Crippen LogP contribution is 2.23. The lowest BCUT2D eigenvalue weighted by molar-refractivity contribution is 0.0338. The van der Waals surface area contributed by atoms with E-state index in [-0.39, 0.29) is 6.10 Å². The van der Waals surface area contributed by atoms with E-state index in [1.54, 1.807) is 24.8 Å². The summed E-state index contributed by atoms with van der Waals surface area (Å²) < 4.78 is 5.82. The van der Waals surface area contributed by atoms with Crippen LogP contribution >= 0.6 is 0 Å². The Balaban J connectivity index is 1.78. The van der Waals surface area contributed by atoms with Crippen molar-refractivity contribution < 1.29 is 4.74 Å². The van der Waals surface area contributed by atoms with E-state index >= 15 is 0 Å². The van der Waals surface area contributed by atoms with Gasteiger partial charge in [0, 0.05) is 39.2 Å². The van der Waals surface area contributed by atoms with Crippen molar-refractivity contribution in [1.29, 1.82) is 0 Å². The van der Waals surface area contributed by atoms with Gasteiger partial charge in [-0.3, -0.25) is 4.98 Å². The van der Waals surface area contributed by atoms with Crippen molar-refractivity contribution in [1.82, 2.24) is 19.9 Å². The number of morpholine rings is 1. The molecule has 0 spiro atoms. The summed E-state index contributed by atoms with van der Waals surface area (Å²) in [4.78, 5) is 21.4. The van der Waals surface area contributed by atoms with E-state index in [0.29, 0.717) is 19.0 Å². The van der Waals surface area contributed by atoms with E-state index in [0.717, 1.165) is 18.2 Å². The zero-order chi connectivity index (χ0) is 14.7. The first-order valence-corrected chi connectivity index (χ1v) is 6.87. The average Bonchev–Trinajstić information content (AvgIpc) is 2.56. The number of aromatic nitrogens is 4. The molecule has 3 heterocycles. The van der Waals surface area contributed by atoms with Crippen LogP contribution in [0.1, 0.15) is 11.9 Å². The Morgan fingerprint density at radius 3 is 2.90 bits per heavy atom. The molecular weight excluding hydrogens is 268 g/mol. The molecule has 0 N–H and O–H groups in total. The fraction of sp³-hybridized carbons (Fsp3) is 0.429. The molecule has 7 heteroatoms. The van der Waals surface area contributed by atoms with Gasteiger partial charge in [0.1, 0.15) is 17.7 Å². The van der Waals surface area contributed by atoms with Gasteiger partial charge < -0.3 is 14.5 Å². The summed E-state index contributed by atoms with van der Waals surface area (Å²) in [6, 6.07) is 1.88. The van der Waals surface area contributed by atoms with Gasteiger partial charge in [-0.05, 0) is 6.07 Å². The van der Waals surface area contributed by atoms with Crippen molar-refractivity contribution in [3.8, 4) is 0 Å². The van der Waals surface area contributed by atoms with Crippen molar-refractivity contribution in [3.63, 3.8) is 0 Å². The predicted octanol–water partition coefficient (Wildman–Crippen LogP) is 0.910. The minimum absolute atomic E-state index is 0.152. The second kappa shape index (κ2) is 6.01. The predicted molar refractivity (Wildman–Crippen MR) is 79.3 cm³/mol. The number of hydrogen-bond acceptors (Lipinski definition) is 7. The van der Waals surface area contributed by atoms with Crippen LogP contribution < -0.4 is 9.80 Å². The van der Waals surface area contributed by atoms with Gasteiger partial charge in [-0.2, -0.15) is 0 Å². The van der Waals surface area contributed by atoms with Gasteiger partial charge in [0.2, 0.25) is 0 Å². The molecule has 0 aliphatic carbocycles. The van der Waals surface area contributed by atoms with Crippen LogP contribution in [0.3, 0.4) is 0 Å². The third kappa shape index (κ3) is 3.08. The molecule has 1 saturated heterocycles. The molecule has 1 aliphatic heterocycles. The summed E-state index contributed by atoms with van der Waals surface area (Å²) in [7, 11) is 3.92. The van der Waals surface area contributed by atoms with Crippen molar-refractivity contribution >= 4 is 11.6 Å². The molecule has 0 bridgehead atoms. The maximum absolute atomic E-state index is 5.82. The van der Waals surface area contributed by atoms with E-state index in [2.05, 4.69) is 24.8 Å². The van der Waals surface area contributed by atoms with Gasteiger partial charge in [0.25, 0.3) is 0 Å². The lowest BCUT2D eigenvalue weighted by Gasteiger charge is -2.32. The van der Waals surface area contributed by atoms with Crippen molar-refractivity contribution in [3.05, 3.63) is 36.7 Å². The summed E-state index contributed by atoms with van der Waals surface area (Å²) in [5.41, 5.74) is 0. The monoisotopic (exact) mass is 286 g/mol. The first-order chi connectivity index (χ1) is 10.2. The Bertz CT molecular complexity index is 591. The largest absolute Gasteiger partial charge is 0.367 e. The number of nitrogens with zero attached hydrogens (tertiary/aromatic N) is 6. The molecule has 3 rings (SSSR count). The Morgan fingerprint density at radius 1 is 1.24 bits per heavy atom. The zero-order valence-electron chi connectivity index (χ0n) is 12.2. The fourth-order valence-electron chi connectivity index (χ4n) is 2.24. The van der Waals surface area contributed by atoms with Crippen LogP contribution in [0.25, 0.3) is 0 Å². The second-order valence-electron chi connectivity index (χ2n) is 5.04. The van der Waals surface area contributed by atoms with Gasteiger partial charge in [-0.15, -0.1) is 0 Å².